The molecule has 2 nitrogen and oxygen atoms in total. The van der Waals surface area contributed by atoms with Gasteiger partial charge in [0.1, 0.15) is 0 Å². The molecular weight excluding hydrogens is 152 g/mol. The van der Waals surface area contributed by atoms with E-state index in [-0.39, 0.29) is 5.60 Å². The van der Waals surface area contributed by atoms with E-state index in [2.05, 4.69) is 0 Å². The highest BCUT2D eigenvalue weighted by Gasteiger charge is 2.74. The Morgan fingerprint density at radius 2 is 2.42 bits per heavy atom. The number of ether oxygens (including phenoxy) is 1. The minimum atomic E-state index is -0.252. The molecule has 12 heavy (non-hydrogen) atoms. The molecule has 66 valence electrons. The summed E-state index contributed by atoms with van der Waals surface area (Å²) in [5.41, 5.74) is -0.252. The maximum Gasteiger partial charge on any atom is 0.167 e. The fourth-order valence-corrected chi connectivity index (χ4v) is 3.36. The molecule has 4 atom stereocenters. The molecular formula is C10H14O2. The Labute approximate surface area is 72.3 Å². The summed E-state index contributed by atoms with van der Waals surface area (Å²) in [5.74, 6) is 1.67. The van der Waals surface area contributed by atoms with Gasteiger partial charge < -0.3 is 4.74 Å². The first kappa shape index (κ1) is 7.07. The predicted molar refractivity (Wildman–Crippen MR) is 43.7 cm³/mol. The van der Waals surface area contributed by atoms with E-state index in [1.807, 2.05) is 6.92 Å². The molecule has 0 aromatic rings. The number of carbonyl (C=O) groups excluding carboxylic acids is 1. The van der Waals surface area contributed by atoms with E-state index in [1.165, 1.54) is 19.3 Å². The number of carbonyl (C=O) groups is 1. The first-order valence-electron chi connectivity index (χ1n) is 5.00. The molecule has 0 N–H and O–H groups in total. The third-order valence-electron chi connectivity index (χ3n) is 3.95. The van der Waals surface area contributed by atoms with Crippen molar-refractivity contribution < 1.29 is 9.53 Å². The average molecular weight is 166 g/mol. The van der Waals surface area contributed by atoms with Crippen LogP contribution in [0.15, 0.2) is 0 Å². The van der Waals surface area contributed by atoms with Crippen molar-refractivity contribution in [3.8, 4) is 0 Å². The zero-order chi connectivity index (χ0) is 8.34. The molecule has 2 aliphatic carbocycles. The molecule has 0 aromatic heterocycles. The normalized spacial score (nSPS) is 53.9. The molecule has 0 aromatic carbocycles. The number of hydrogen-bond donors (Lipinski definition) is 0. The van der Waals surface area contributed by atoms with Crippen molar-refractivity contribution in [3.63, 3.8) is 0 Å². The van der Waals surface area contributed by atoms with Gasteiger partial charge in [0.15, 0.2) is 11.4 Å². The van der Waals surface area contributed by atoms with Crippen LogP contribution in [0.1, 0.15) is 32.6 Å². The monoisotopic (exact) mass is 166 g/mol. The topological polar surface area (TPSA) is 29.6 Å². The number of epoxide rings is 1. The first-order chi connectivity index (χ1) is 5.79. The lowest BCUT2D eigenvalue weighted by Crippen LogP contribution is -2.32. The lowest BCUT2D eigenvalue weighted by Gasteiger charge is -2.15. The van der Waals surface area contributed by atoms with Crippen LogP contribution < -0.4 is 0 Å². The van der Waals surface area contributed by atoms with Gasteiger partial charge in [0.25, 0.3) is 0 Å². The van der Waals surface area contributed by atoms with Crippen molar-refractivity contribution in [2.75, 3.05) is 0 Å². The average Bonchev–Trinajstić information content (AvgIpc) is 2.61. The molecule has 0 spiro atoms. The smallest absolute Gasteiger partial charge is 0.167 e. The van der Waals surface area contributed by atoms with Gasteiger partial charge in [0, 0.05) is 6.42 Å². The zero-order valence-electron chi connectivity index (χ0n) is 7.38. The molecule has 1 heterocycles. The highest BCUT2D eigenvalue weighted by atomic mass is 16.6. The lowest BCUT2D eigenvalue weighted by molar-refractivity contribution is -0.125. The molecule has 3 aliphatic rings. The van der Waals surface area contributed by atoms with Gasteiger partial charge in [-0.15, -0.1) is 0 Å². The molecule has 1 saturated heterocycles. The summed E-state index contributed by atoms with van der Waals surface area (Å²) >= 11 is 0. The van der Waals surface area contributed by atoms with Crippen molar-refractivity contribution in [2.45, 2.75) is 44.3 Å². The van der Waals surface area contributed by atoms with E-state index >= 15 is 0 Å². The second-order valence-corrected chi connectivity index (χ2v) is 4.38. The van der Waals surface area contributed by atoms with Crippen LogP contribution in [0.25, 0.3) is 0 Å². The van der Waals surface area contributed by atoms with Crippen LogP contribution in [0.4, 0.5) is 0 Å². The third kappa shape index (κ3) is 0.565. The molecule has 3 fully saturated rings. The molecule has 2 bridgehead atoms. The van der Waals surface area contributed by atoms with Gasteiger partial charge >= 0.3 is 0 Å². The molecule has 3 rings (SSSR count). The maximum absolute atomic E-state index is 11.6. The van der Waals surface area contributed by atoms with Gasteiger partial charge in [-0.1, -0.05) is 6.92 Å². The second kappa shape index (κ2) is 1.92. The van der Waals surface area contributed by atoms with Crippen LogP contribution in [0, 0.1) is 11.8 Å². The van der Waals surface area contributed by atoms with E-state index in [4.69, 9.17) is 4.74 Å². The van der Waals surface area contributed by atoms with Crippen molar-refractivity contribution in [2.24, 2.45) is 11.8 Å². The molecule has 0 amide bonds. The third-order valence-corrected chi connectivity index (χ3v) is 3.95. The van der Waals surface area contributed by atoms with Crippen molar-refractivity contribution >= 4 is 5.78 Å². The van der Waals surface area contributed by atoms with Gasteiger partial charge in [-0.3, -0.25) is 4.79 Å². The number of fused-ring (bicyclic) bond motifs is 5. The summed E-state index contributed by atoms with van der Waals surface area (Å²) in [6.45, 7) is 1.95. The van der Waals surface area contributed by atoms with Gasteiger partial charge in [-0.25, -0.2) is 0 Å². The lowest BCUT2D eigenvalue weighted by atomic mass is 9.84. The molecule has 0 radical (unpaired) electrons. The molecule has 0 unspecified atom stereocenters. The Kier molecular flexibility index (Phi) is 1.13. The fourth-order valence-electron chi connectivity index (χ4n) is 3.36. The summed E-state index contributed by atoms with van der Waals surface area (Å²) in [6.07, 6.45) is 4.78. The van der Waals surface area contributed by atoms with E-state index in [0.717, 1.165) is 5.92 Å². The van der Waals surface area contributed by atoms with E-state index in [9.17, 15) is 4.79 Å². The van der Waals surface area contributed by atoms with E-state index in [1.54, 1.807) is 0 Å². The number of ketones is 1. The second-order valence-electron chi connectivity index (χ2n) is 4.38. The SMILES string of the molecule is CCC(=O)[C@@]12O[C@@H]1[C@H]1CC[C@@H]2C1. The number of Topliss-reactive ketones (excluding diaryl/α,β-unsaturated/α-hetero) is 1. The van der Waals surface area contributed by atoms with Gasteiger partial charge in [-0.2, -0.15) is 0 Å². The summed E-state index contributed by atoms with van der Waals surface area (Å²) in [4.78, 5) is 11.6. The largest absolute Gasteiger partial charge is 0.357 e. The van der Waals surface area contributed by atoms with Gasteiger partial charge in [0.05, 0.1) is 6.10 Å². The van der Waals surface area contributed by atoms with Crippen LogP contribution >= 0.6 is 0 Å². The van der Waals surface area contributed by atoms with Crippen LogP contribution in [0.5, 0.6) is 0 Å². The quantitative estimate of drug-likeness (QED) is 0.582. The summed E-state index contributed by atoms with van der Waals surface area (Å²) in [5, 5.41) is 0. The number of rotatable bonds is 2. The Bertz CT molecular complexity index is 248. The maximum atomic E-state index is 11.6. The Hall–Kier alpha value is -0.370. The first-order valence-corrected chi connectivity index (χ1v) is 5.00. The van der Waals surface area contributed by atoms with Gasteiger partial charge in [0.2, 0.25) is 0 Å². The minimum absolute atomic E-state index is 0.252. The van der Waals surface area contributed by atoms with E-state index < -0.39 is 0 Å². The van der Waals surface area contributed by atoms with Gasteiger partial charge in [-0.05, 0) is 31.1 Å². The van der Waals surface area contributed by atoms with Crippen LogP contribution in [-0.2, 0) is 9.53 Å². The summed E-state index contributed by atoms with van der Waals surface area (Å²) < 4.78 is 5.63. The molecule has 2 saturated carbocycles. The summed E-state index contributed by atoms with van der Waals surface area (Å²) in [6, 6.07) is 0. The Morgan fingerprint density at radius 1 is 1.58 bits per heavy atom. The minimum Gasteiger partial charge on any atom is -0.357 e. The van der Waals surface area contributed by atoms with E-state index in [0.29, 0.717) is 24.2 Å². The van der Waals surface area contributed by atoms with Crippen LogP contribution in [-0.4, -0.2) is 17.5 Å². The Balaban J connectivity index is 1.92. The van der Waals surface area contributed by atoms with Crippen molar-refractivity contribution in [1.29, 1.82) is 0 Å². The standard InChI is InChI=1S/C10H14O2/c1-2-8(11)10-7-4-3-6(5-7)9(10)12-10/h6-7,9H,2-5H2,1H3/t6-,7+,9+,10+/m0/s1. The van der Waals surface area contributed by atoms with Crippen LogP contribution in [0.3, 0.4) is 0 Å². The molecule has 2 heteroatoms. The fraction of sp³-hybridized carbons (Fsp3) is 0.900. The molecule has 1 aliphatic heterocycles. The zero-order valence-corrected chi connectivity index (χ0v) is 7.38. The summed E-state index contributed by atoms with van der Waals surface area (Å²) in [7, 11) is 0. The Morgan fingerprint density at radius 3 is 3.00 bits per heavy atom. The number of hydrogen-bond acceptors (Lipinski definition) is 2. The highest BCUT2D eigenvalue weighted by Crippen LogP contribution is 2.64. The van der Waals surface area contributed by atoms with Crippen LogP contribution in [0.2, 0.25) is 0 Å². The predicted octanol–water partition coefficient (Wildman–Crippen LogP) is 1.53. The van der Waals surface area contributed by atoms with Crippen molar-refractivity contribution in [1.82, 2.24) is 0 Å². The highest BCUT2D eigenvalue weighted by molar-refractivity contribution is 5.91. The van der Waals surface area contributed by atoms with Crippen molar-refractivity contribution in [3.05, 3.63) is 0 Å².